The number of halogens is 1. The molecule has 0 radical (unpaired) electrons. The van der Waals surface area contributed by atoms with Crippen LogP contribution < -0.4 is 0 Å². The number of piperidine rings is 1. The van der Waals surface area contributed by atoms with Crippen LogP contribution in [0.5, 0.6) is 0 Å². The highest BCUT2D eigenvalue weighted by molar-refractivity contribution is 6.30. The fourth-order valence-corrected chi connectivity index (χ4v) is 4.18. The van der Waals surface area contributed by atoms with E-state index >= 15 is 0 Å². The van der Waals surface area contributed by atoms with Crippen molar-refractivity contribution in [3.63, 3.8) is 0 Å². The van der Waals surface area contributed by atoms with Crippen molar-refractivity contribution in [2.45, 2.75) is 52.1 Å². The van der Waals surface area contributed by atoms with Crippen molar-refractivity contribution in [1.29, 1.82) is 0 Å². The molecule has 5 nitrogen and oxygen atoms in total. The number of likely N-dealkylation sites (tertiary alicyclic amines) is 1. The molecule has 1 aromatic carbocycles. The molecule has 0 unspecified atom stereocenters. The highest BCUT2D eigenvalue weighted by Gasteiger charge is 2.43. The summed E-state index contributed by atoms with van der Waals surface area (Å²) in [5.74, 6) is -0.0613. The minimum Gasteiger partial charge on any atom is -0.466 e. The number of ether oxygens (including phenoxy) is 1. The lowest BCUT2D eigenvalue weighted by atomic mass is 9.73. The van der Waals surface area contributed by atoms with E-state index in [1.54, 1.807) is 0 Å². The van der Waals surface area contributed by atoms with E-state index in [-0.39, 0.29) is 5.97 Å². The standard InChI is InChI=1S/C22H30ClN3O2/c1-3-28-21(27)22(17-19-5-7-20(23)8-6-19)10-15-25(16-11-22)18(2)9-14-26-13-4-12-24-26/h4-8,12-13,18H,3,9-11,14-17H2,1-2H3/t18-/m1/s1. The Balaban J connectivity index is 1.62. The van der Waals surface area contributed by atoms with Crippen molar-refractivity contribution in [2.24, 2.45) is 5.41 Å². The maximum Gasteiger partial charge on any atom is 0.312 e. The Morgan fingerprint density at radius 1 is 1.29 bits per heavy atom. The van der Waals surface area contributed by atoms with Gasteiger partial charge < -0.3 is 9.64 Å². The number of hydrogen-bond acceptors (Lipinski definition) is 4. The topological polar surface area (TPSA) is 47.4 Å². The number of hydrogen-bond donors (Lipinski definition) is 0. The molecule has 1 atom stereocenters. The summed E-state index contributed by atoms with van der Waals surface area (Å²) >= 11 is 6.02. The van der Waals surface area contributed by atoms with Crippen LogP contribution in [0.3, 0.4) is 0 Å². The minimum absolute atomic E-state index is 0.0613. The second-order valence-electron chi connectivity index (χ2n) is 7.75. The van der Waals surface area contributed by atoms with Crippen LogP contribution in [0.1, 0.15) is 38.7 Å². The molecule has 0 amide bonds. The molecule has 2 aromatic rings. The van der Waals surface area contributed by atoms with Crippen LogP contribution in [-0.2, 0) is 22.5 Å². The zero-order valence-electron chi connectivity index (χ0n) is 16.8. The van der Waals surface area contributed by atoms with Crippen molar-refractivity contribution in [2.75, 3.05) is 19.7 Å². The van der Waals surface area contributed by atoms with Gasteiger partial charge in [-0.3, -0.25) is 9.48 Å². The molecule has 0 bridgehead atoms. The number of benzene rings is 1. The Morgan fingerprint density at radius 2 is 2.00 bits per heavy atom. The molecule has 1 aromatic heterocycles. The number of nitrogens with zero attached hydrogens (tertiary/aromatic N) is 3. The summed E-state index contributed by atoms with van der Waals surface area (Å²) in [6.07, 6.45) is 7.21. The van der Waals surface area contributed by atoms with Crippen molar-refractivity contribution >= 4 is 17.6 Å². The van der Waals surface area contributed by atoms with E-state index in [9.17, 15) is 4.79 Å². The van der Waals surface area contributed by atoms with Gasteiger partial charge in [0.2, 0.25) is 0 Å². The highest BCUT2D eigenvalue weighted by atomic mass is 35.5. The van der Waals surface area contributed by atoms with Gasteiger partial charge in [0, 0.05) is 30.0 Å². The van der Waals surface area contributed by atoms with Gasteiger partial charge in [0.25, 0.3) is 0 Å². The lowest BCUT2D eigenvalue weighted by Crippen LogP contribution is -2.49. The average Bonchev–Trinajstić information content (AvgIpc) is 3.22. The second-order valence-corrected chi connectivity index (χ2v) is 8.18. The third-order valence-corrected chi connectivity index (χ3v) is 6.13. The maximum absolute atomic E-state index is 12.9. The predicted octanol–water partition coefficient (Wildman–Crippen LogP) is 4.20. The van der Waals surface area contributed by atoms with Gasteiger partial charge in [-0.1, -0.05) is 23.7 Å². The molecule has 1 saturated heterocycles. The third-order valence-electron chi connectivity index (χ3n) is 5.88. The molecule has 0 aliphatic carbocycles. The summed E-state index contributed by atoms with van der Waals surface area (Å²) in [5, 5.41) is 5.00. The second kappa shape index (κ2) is 9.57. The molecule has 2 heterocycles. The van der Waals surface area contributed by atoms with Crippen molar-refractivity contribution in [3.05, 3.63) is 53.3 Å². The van der Waals surface area contributed by atoms with E-state index in [4.69, 9.17) is 16.3 Å². The Kier molecular flexibility index (Phi) is 7.13. The number of esters is 1. The van der Waals surface area contributed by atoms with Gasteiger partial charge >= 0.3 is 5.97 Å². The molecular weight excluding hydrogens is 374 g/mol. The van der Waals surface area contributed by atoms with Crippen LogP contribution in [0.2, 0.25) is 5.02 Å². The van der Waals surface area contributed by atoms with E-state index < -0.39 is 5.41 Å². The fraction of sp³-hybridized carbons (Fsp3) is 0.545. The summed E-state index contributed by atoms with van der Waals surface area (Å²) in [4.78, 5) is 15.4. The number of aryl methyl sites for hydroxylation is 1. The third kappa shape index (κ3) is 5.15. The number of aromatic nitrogens is 2. The first-order chi connectivity index (χ1) is 13.5. The summed E-state index contributed by atoms with van der Waals surface area (Å²) < 4.78 is 7.45. The van der Waals surface area contributed by atoms with Crippen molar-refractivity contribution < 1.29 is 9.53 Å². The molecule has 6 heteroatoms. The van der Waals surface area contributed by atoms with E-state index in [2.05, 4.69) is 16.9 Å². The highest BCUT2D eigenvalue weighted by Crippen LogP contribution is 2.37. The van der Waals surface area contributed by atoms with Gasteiger partial charge in [0.1, 0.15) is 0 Å². The van der Waals surface area contributed by atoms with Crippen LogP contribution in [0, 0.1) is 5.41 Å². The molecule has 1 aliphatic rings. The zero-order valence-corrected chi connectivity index (χ0v) is 17.6. The summed E-state index contributed by atoms with van der Waals surface area (Å²) in [5.41, 5.74) is 0.694. The zero-order chi connectivity index (χ0) is 20.0. The van der Waals surface area contributed by atoms with Gasteiger partial charge in [-0.2, -0.15) is 5.10 Å². The molecular formula is C22H30ClN3O2. The van der Waals surface area contributed by atoms with Gasteiger partial charge in [-0.15, -0.1) is 0 Å². The predicted molar refractivity (Wildman–Crippen MR) is 111 cm³/mol. The largest absolute Gasteiger partial charge is 0.466 e. The molecule has 0 spiro atoms. The average molecular weight is 404 g/mol. The van der Waals surface area contributed by atoms with E-state index in [0.29, 0.717) is 19.1 Å². The van der Waals surface area contributed by atoms with E-state index in [1.807, 2.05) is 54.3 Å². The van der Waals surface area contributed by atoms with Crippen molar-refractivity contribution in [3.8, 4) is 0 Å². The summed E-state index contributed by atoms with van der Waals surface area (Å²) in [6, 6.07) is 10.2. The van der Waals surface area contributed by atoms with Crippen LogP contribution in [0.15, 0.2) is 42.7 Å². The summed E-state index contributed by atoms with van der Waals surface area (Å²) in [6.45, 7) is 7.30. The van der Waals surface area contributed by atoms with Gasteiger partial charge in [0.05, 0.1) is 12.0 Å². The van der Waals surface area contributed by atoms with Crippen LogP contribution >= 0.6 is 11.6 Å². The number of carbonyl (C=O) groups is 1. The Morgan fingerprint density at radius 3 is 2.61 bits per heavy atom. The first-order valence-corrected chi connectivity index (χ1v) is 10.5. The fourth-order valence-electron chi connectivity index (χ4n) is 4.06. The number of carbonyl (C=O) groups excluding carboxylic acids is 1. The number of rotatable bonds is 8. The molecule has 0 saturated carbocycles. The van der Waals surface area contributed by atoms with E-state index in [1.165, 1.54) is 0 Å². The monoisotopic (exact) mass is 403 g/mol. The van der Waals surface area contributed by atoms with Gasteiger partial charge in [-0.05, 0) is 76.4 Å². The van der Waals surface area contributed by atoms with Gasteiger partial charge in [0.15, 0.2) is 0 Å². The van der Waals surface area contributed by atoms with Crippen LogP contribution in [0.4, 0.5) is 0 Å². The van der Waals surface area contributed by atoms with Crippen LogP contribution in [0.25, 0.3) is 0 Å². The summed E-state index contributed by atoms with van der Waals surface area (Å²) in [7, 11) is 0. The molecule has 3 rings (SSSR count). The van der Waals surface area contributed by atoms with Crippen LogP contribution in [-0.4, -0.2) is 46.4 Å². The van der Waals surface area contributed by atoms with E-state index in [0.717, 1.165) is 49.5 Å². The molecule has 152 valence electrons. The smallest absolute Gasteiger partial charge is 0.312 e. The Labute approximate surface area is 172 Å². The minimum atomic E-state index is -0.442. The normalized spacial score (nSPS) is 18.0. The first kappa shape index (κ1) is 20.9. The molecule has 0 N–H and O–H groups in total. The first-order valence-electron chi connectivity index (χ1n) is 10.2. The Hall–Kier alpha value is -1.85. The SMILES string of the molecule is CCOC(=O)C1(Cc2ccc(Cl)cc2)CCN([C@H](C)CCn2cccn2)CC1. The Bertz CT molecular complexity index is 738. The maximum atomic E-state index is 12.9. The quantitative estimate of drug-likeness (QED) is 0.619. The van der Waals surface area contributed by atoms with Crippen molar-refractivity contribution in [1.82, 2.24) is 14.7 Å². The molecule has 1 fully saturated rings. The molecule has 28 heavy (non-hydrogen) atoms. The lowest BCUT2D eigenvalue weighted by Gasteiger charge is -2.42. The van der Waals surface area contributed by atoms with Gasteiger partial charge in [-0.25, -0.2) is 0 Å². The lowest BCUT2D eigenvalue weighted by molar-refractivity contribution is -0.159. The molecule has 1 aliphatic heterocycles.